The van der Waals surface area contributed by atoms with Gasteiger partial charge in [-0.2, -0.15) is 0 Å². The summed E-state index contributed by atoms with van der Waals surface area (Å²) in [5.74, 6) is 1.08. The van der Waals surface area contributed by atoms with Crippen LogP contribution in [0.15, 0.2) is 48.5 Å². The maximum absolute atomic E-state index is 13.9. The first-order valence-corrected chi connectivity index (χ1v) is 16.5. The van der Waals surface area contributed by atoms with Crippen LogP contribution in [-0.4, -0.2) is 77.0 Å². The van der Waals surface area contributed by atoms with E-state index in [9.17, 15) is 19.5 Å². The van der Waals surface area contributed by atoms with E-state index in [2.05, 4.69) is 22.5 Å². The molecule has 0 bridgehead atoms. The summed E-state index contributed by atoms with van der Waals surface area (Å²) in [7, 11) is 1.60. The van der Waals surface area contributed by atoms with Gasteiger partial charge >= 0.3 is 0 Å². The summed E-state index contributed by atoms with van der Waals surface area (Å²) in [5, 5.41) is 16.9. The average molecular weight is 605 g/mol. The third-order valence-electron chi connectivity index (χ3n) is 9.81. The zero-order valence-corrected chi connectivity index (χ0v) is 26.2. The predicted molar refractivity (Wildman–Crippen MR) is 169 cm³/mol. The fraction of sp³-hybridized carbons (Fsp3) is 0.571. The molecule has 3 aliphatic rings. The molecule has 238 valence electrons. The Morgan fingerprint density at radius 1 is 1.00 bits per heavy atom. The molecule has 0 radical (unpaired) electrons. The number of aliphatic hydroxyl groups is 1. The first-order valence-electron chi connectivity index (χ1n) is 16.5. The van der Waals surface area contributed by atoms with Crippen molar-refractivity contribution in [1.82, 2.24) is 20.4 Å². The number of rotatable bonds is 10. The van der Waals surface area contributed by atoms with E-state index in [-0.39, 0.29) is 23.6 Å². The second kappa shape index (κ2) is 14.6. The van der Waals surface area contributed by atoms with Gasteiger partial charge in [0, 0.05) is 38.8 Å². The first-order chi connectivity index (χ1) is 21.3. The normalized spacial score (nSPS) is 21.9. The van der Waals surface area contributed by atoms with Gasteiger partial charge < -0.3 is 25.4 Å². The van der Waals surface area contributed by atoms with Crippen molar-refractivity contribution in [2.75, 3.05) is 26.7 Å². The molecule has 2 aromatic carbocycles. The molecule has 3 N–H and O–H groups in total. The highest BCUT2D eigenvalue weighted by atomic mass is 16.5. The van der Waals surface area contributed by atoms with Gasteiger partial charge in [-0.15, -0.1) is 0 Å². The number of piperidine rings is 1. The molecule has 5 rings (SSSR count). The van der Waals surface area contributed by atoms with Gasteiger partial charge in [0.25, 0.3) is 5.91 Å². The molecule has 2 atom stereocenters. The van der Waals surface area contributed by atoms with Crippen molar-refractivity contribution in [2.45, 2.75) is 95.4 Å². The Balaban J connectivity index is 1.19. The molecule has 2 heterocycles. The van der Waals surface area contributed by atoms with E-state index in [1.165, 1.54) is 12.8 Å². The van der Waals surface area contributed by atoms with Gasteiger partial charge in [-0.25, -0.2) is 0 Å². The summed E-state index contributed by atoms with van der Waals surface area (Å²) in [6.45, 7) is 4.79. The molecule has 0 unspecified atom stereocenters. The predicted octanol–water partition coefficient (Wildman–Crippen LogP) is 4.63. The van der Waals surface area contributed by atoms with Crippen molar-refractivity contribution >= 4 is 17.7 Å². The van der Waals surface area contributed by atoms with Gasteiger partial charge in [0.15, 0.2) is 0 Å². The molecule has 9 nitrogen and oxygen atoms in total. The molecular formula is C35H48N4O5. The minimum Gasteiger partial charge on any atom is -0.457 e. The summed E-state index contributed by atoms with van der Waals surface area (Å²) >= 11 is 0. The highest BCUT2D eigenvalue weighted by Gasteiger charge is 2.55. The molecule has 1 spiro atoms. The fourth-order valence-corrected chi connectivity index (χ4v) is 7.09. The highest BCUT2D eigenvalue weighted by molar-refractivity contribution is 6.00. The van der Waals surface area contributed by atoms with E-state index in [0.29, 0.717) is 49.5 Å². The second-order valence-electron chi connectivity index (χ2n) is 12.7. The zero-order valence-electron chi connectivity index (χ0n) is 26.2. The number of nitrogens with one attached hydrogen (secondary N) is 2. The third kappa shape index (κ3) is 7.10. The van der Waals surface area contributed by atoms with Crippen LogP contribution in [0, 0.1) is 5.92 Å². The van der Waals surface area contributed by atoms with Crippen LogP contribution >= 0.6 is 0 Å². The topological polar surface area (TPSA) is 111 Å². The smallest absolute Gasteiger partial charge is 0.251 e. The average Bonchev–Trinajstić information content (AvgIpc) is 3.34. The molecule has 1 aliphatic carbocycles. The summed E-state index contributed by atoms with van der Waals surface area (Å²) in [6.07, 6.45) is 8.40. The second-order valence-corrected chi connectivity index (χ2v) is 12.7. The lowest BCUT2D eigenvalue weighted by Gasteiger charge is -2.52. The van der Waals surface area contributed by atoms with Gasteiger partial charge in [-0.3, -0.25) is 19.3 Å². The Labute approximate surface area is 261 Å². The fourth-order valence-electron chi connectivity index (χ4n) is 7.09. The van der Waals surface area contributed by atoms with Crippen LogP contribution in [0.1, 0.15) is 87.1 Å². The van der Waals surface area contributed by atoms with Crippen LogP contribution in [0.5, 0.6) is 11.5 Å². The zero-order chi connectivity index (χ0) is 31.1. The number of amides is 3. The summed E-state index contributed by atoms with van der Waals surface area (Å²) < 4.78 is 5.96. The van der Waals surface area contributed by atoms with Crippen LogP contribution in [0.25, 0.3) is 0 Å². The van der Waals surface area contributed by atoms with Gasteiger partial charge in [0.2, 0.25) is 11.8 Å². The third-order valence-corrected chi connectivity index (χ3v) is 9.81. The van der Waals surface area contributed by atoms with Crippen molar-refractivity contribution in [3.05, 3.63) is 59.7 Å². The number of ether oxygens (including phenoxy) is 1. The number of piperazine rings is 1. The van der Waals surface area contributed by atoms with Crippen LogP contribution in [0.4, 0.5) is 0 Å². The Kier molecular flexibility index (Phi) is 10.6. The number of carbonyl (C=O) groups excluding carboxylic acids is 3. The van der Waals surface area contributed by atoms with Crippen molar-refractivity contribution in [3.63, 3.8) is 0 Å². The first kappa shape index (κ1) is 32.0. The quantitative estimate of drug-likeness (QED) is 0.341. The molecule has 1 saturated carbocycles. The highest BCUT2D eigenvalue weighted by Crippen LogP contribution is 2.36. The van der Waals surface area contributed by atoms with E-state index in [4.69, 9.17) is 4.74 Å². The SMILES string of the molecule is CCCCN1C(=O)[C@@H]([C@H](O)C2CCCCCC2)NC(=O)C12CCN(Cc1ccc(Oc3ccc(C(=O)NC)cc3)cc1)CC2. The Morgan fingerprint density at radius 2 is 1.61 bits per heavy atom. The lowest BCUT2D eigenvalue weighted by Crippen LogP contribution is -2.75. The van der Waals surface area contributed by atoms with Gasteiger partial charge in [-0.1, -0.05) is 51.2 Å². The largest absolute Gasteiger partial charge is 0.457 e. The molecule has 3 fully saturated rings. The monoisotopic (exact) mass is 604 g/mol. The molecule has 2 aliphatic heterocycles. The molecule has 9 heteroatoms. The Bertz CT molecular complexity index is 1270. The minimum atomic E-state index is -0.854. The van der Waals surface area contributed by atoms with Crippen molar-refractivity contribution in [1.29, 1.82) is 0 Å². The molecule has 2 aromatic rings. The number of hydrogen-bond acceptors (Lipinski definition) is 6. The van der Waals surface area contributed by atoms with E-state index in [1.54, 1.807) is 31.3 Å². The van der Waals surface area contributed by atoms with Gasteiger partial charge in [0.1, 0.15) is 23.1 Å². The molecule has 44 heavy (non-hydrogen) atoms. The van der Waals surface area contributed by atoms with Crippen molar-refractivity contribution in [3.8, 4) is 11.5 Å². The number of unbranched alkanes of at least 4 members (excludes halogenated alkanes) is 1. The Morgan fingerprint density at radius 3 is 2.20 bits per heavy atom. The van der Waals surface area contributed by atoms with Crippen LogP contribution in [-0.2, 0) is 16.1 Å². The number of hydrogen-bond donors (Lipinski definition) is 3. The number of carbonyl (C=O) groups is 3. The van der Waals surface area contributed by atoms with Gasteiger partial charge in [-0.05, 0) is 80.0 Å². The maximum Gasteiger partial charge on any atom is 0.251 e. The minimum absolute atomic E-state index is 0.0574. The summed E-state index contributed by atoms with van der Waals surface area (Å²) in [4.78, 5) is 43.7. The van der Waals surface area contributed by atoms with E-state index in [1.807, 2.05) is 29.2 Å². The van der Waals surface area contributed by atoms with Crippen LogP contribution in [0.2, 0.25) is 0 Å². The number of aliphatic hydroxyl groups excluding tert-OH is 1. The lowest BCUT2D eigenvalue weighted by atomic mass is 9.79. The lowest BCUT2D eigenvalue weighted by molar-refractivity contribution is -0.165. The van der Waals surface area contributed by atoms with Gasteiger partial charge in [0.05, 0.1) is 6.10 Å². The number of benzene rings is 2. The van der Waals surface area contributed by atoms with Crippen molar-refractivity contribution < 1.29 is 24.2 Å². The molecule has 0 aromatic heterocycles. The summed E-state index contributed by atoms with van der Waals surface area (Å²) in [5.41, 5.74) is 0.865. The Hall–Kier alpha value is -3.43. The van der Waals surface area contributed by atoms with E-state index in [0.717, 1.165) is 50.6 Å². The van der Waals surface area contributed by atoms with Crippen LogP contribution in [0.3, 0.4) is 0 Å². The van der Waals surface area contributed by atoms with Crippen LogP contribution < -0.4 is 15.4 Å². The maximum atomic E-state index is 13.9. The van der Waals surface area contributed by atoms with E-state index < -0.39 is 17.7 Å². The summed E-state index contributed by atoms with van der Waals surface area (Å²) in [6, 6.07) is 14.1. The van der Waals surface area contributed by atoms with E-state index >= 15 is 0 Å². The molecular weight excluding hydrogens is 556 g/mol. The standard InChI is InChI=1S/C35H48N4O5/c1-3-4-21-39-33(42)30(31(40)26-9-7-5-6-8-10-26)37-34(43)35(39)19-22-38(23-20-35)24-25-11-15-28(16-12-25)44-29-17-13-27(14-18-29)32(41)36-2/h11-18,26,30-31,40H,3-10,19-24H2,1-2H3,(H,36,41)(H,37,43)/t30-,31-/m1/s1. The molecule has 2 saturated heterocycles. The van der Waals surface area contributed by atoms with Crippen molar-refractivity contribution in [2.24, 2.45) is 5.92 Å². The molecule has 3 amide bonds. The number of nitrogens with zero attached hydrogens (tertiary/aromatic N) is 2. The number of likely N-dealkylation sites (tertiary alicyclic amines) is 1.